The summed E-state index contributed by atoms with van der Waals surface area (Å²) in [4.78, 5) is 34.5. The number of ketones is 1. The number of amides is 1. The predicted octanol–water partition coefficient (Wildman–Crippen LogP) is 1.26. The second-order valence-electron chi connectivity index (χ2n) is 5.85. The molecular weight excluding hydrogens is 262 g/mol. The van der Waals surface area contributed by atoms with Crippen molar-refractivity contribution in [1.82, 2.24) is 5.32 Å². The van der Waals surface area contributed by atoms with Gasteiger partial charge in [-0.3, -0.25) is 4.79 Å². The van der Waals surface area contributed by atoms with Crippen molar-refractivity contribution in [3.8, 4) is 0 Å². The molecule has 1 amide bonds. The summed E-state index contributed by atoms with van der Waals surface area (Å²) in [5, 5.41) is 2.48. The van der Waals surface area contributed by atoms with Gasteiger partial charge in [-0.25, -0.2) is 9.59 Å². The van der Waals surface area contributed by atoms with Crippen LogP contribution in [-0.4, -0.2) is 35.1 Å². The Morgan fingerprint density at radius 1 is 1.35 bits per heavy atom. The highest BCUT2D eigenvalue weighted by Gasteiger charge is 2.45. The maximum absolute atomic E-state index is 11.8. The molecule has 1 heterocycles. The first-order valence-electron chi connectivity index (χ1n) is 6.34. The molecule has 6 heteroatoms. The standard InChI is InChI=1S/C14H17NO5/c1-13(2,3)20-12(18)15-10-8-14(19-11(10)17)6-4-9(16)5-7-14/h4-7,10H,8H2,1-3H3,(H,15,18). The van der Waals surface area contributed by atoms with E-state index in [1.54, 1.807) is 20.8 Å². The van der Waals surface area contributed by atoms with Crippen LogP contribution in [0.2, 0.25) is 0 Å². The van der Waals surface area contributed by atoms with Gasteiger partial charge in [-0.2, -0.15) is 0 Å². The summed E-state index contributed by atoms with van der Waals surface area (Å²) in [5.41, 5.74) is -1.58. The van der Waals surface area contributed by atoms with E-state index in [2.05, 4.69) is 5.32 Å². The topological polar surface area (TPSA) is 81.7 Å². The van der Waals surface area contributed by atoms with Crippen LogP contribution in [0.5, 0.6) is 0 Å². The SMILES string of the molecule is CC(C)(C)OC(=O)NC1CC2(C=CC(=O)C=C2)OC1=O. The van der Waals surface area contributed by atoms with E-state index in [9.17, 15) is 14.4 Å². The molecule has 0 aromatic carbocycles. The Labute approximate surface area is 116 Å². The van der Waals surface area contributed by atoms with Gasteiger partial charge in [-0.15, -0.1) is 0 Å². The summed E-state index contributed by atoms with van der Waals surface area (Å²) in [6.45, 7) is 5.21. The van der Waals surface area contributed by atoms with Gasteiger partial charge in [0.05, 0.1) is 0 Å². The minimum absolute atomic E-state index is 0.157. The van der Waals surface area contributed by atoms with E-state index in [4.69, 9.17) is 9.47 Å². The molecule has 2 aliphatic rings. The van der Waals surface area contributed by atoms with Gasteiger partial charge in [0.25, 0.3) is 0 Å². The van der Waals surface area contributed by atoms with Crippen LogP contribution >= 0.6 is 0 Å². The van der Waals surface area contributed by atoms with Gasteiger partial charge < -0.3 is 14.8 Å². The molecule has 1 aliphatic heterocycles. The monoisotopic (exact) mass is 279 g/mol. The summed E-state index contributed by atoms with van der Waals surface area (Å²) >= 11 is 0. The molecule has 0 bridgehead atoms. The number of alkyl carbamates (subject to hydrolysis) is 1. The number of ether oxygens (including phenoxy) is 2. The van der Waals surface area contributed by atoms with E-state index in [1.807, 2.05) is 0 Å². The van der Waals surface area contributed by atoms with Crippen LogP contribution in [0.1, 0.15) is 27.2 Å². The normalized spacial score (nSPS) is 23.9. The van der Waals surface area contributed by atoms with Crippen molar-refractivity contribution in [2.24, 2.45) is 0 Å². The Kier molecular flexibility index (Phi) is 3.41. The van der Waals surface area contributed by atoms with E-state index in [0.29, 0.717) is 0 Å². The molecule has 108 valence electrons. The van der Waals surface area contributed by atoms with Gasteiger partial charge in [-0.1, -0.05) is 0 Å². The molecular formula is C14H17NO5. The first-order chi connectivity index (χ1) is 9.19. The average Bonchev–Trinajstić information content (AvgIpc) is 2.58. The van der Waals surface area contributed by atoms with E-state index < -0.39 is 29.3 Å². The number of hydrogen-bond donors (Lipinski definition) is 1. The summed E-state index contributed by atoms with van der Waals surface area (Å²) in [7, 11) is 0. The van der Waals surface area contributed by atoms with Crippen LogP contribution in [0.3, 0.4) is 0 Å². The number of rotatable bonds is 1. The first-order valence-corrected chi connectivity index (χ1v) is 6.34. The Bertz CT molecular complexity index is 496. The Morgan fingerprint density at radius 3 is 2.50 bits per heavy atom. The summed E-state index contributed by atoms with van der Waals surface area (Å²) < 4.78 is 10.3. The van der Waals surface area contributed by atoms with E-state index in [1.165, 1.54) is 24.3 Å². The number of hydrogen-bond acceptors (Lipinski definition) is 5. The number of carbonyl (C=O) groups is 3. The lowest BCUT2D eigenvalue weighted by Crippen LogP contribution is -2.41. The zero-order valence-electron chi connectivity index (χ0n) is 11.6. The Hall–Kier alpha value is -2.11. The van der Waals surface area contributed by atoms with Crippen LogP contribution in [0.4, 0.5) is 4.79 Å². The van der Waals surface area contributed by atoms with E-state index in [0.717, 1.165) is 0 Å². The maximum Gasteiger partial charge on any atom is 0.408 e. The third-order valence-corrected chi connectivity index (χ3v) is 2.85. The second-order valence-corrected chi connectivity index (χ2v) is 5.85. The van der Waals surface area contributed by atoms with Crippen LogP contribution in [0.25, 0.3) is 0 Å². The molecule has 6 nitrogen and oxygen atoms in total. The lowest BCUT2D eigenvalue weighted by Gasteiger charge is -2.22. The van der Waals surface area contributed by atoms with Crippen molar-refractivity contribution in [2.75, 3.05) is 0 Å². The van der Waals surface area contributed by atoms with Crippen molar-refractivity contribution < 1.29 is 23.9 Å². The van der Waals surface area contributed by atoms with Crippen LogP contribution in [-0.2, 0) is 19.1 Å². The molecule has 1 N–H and O–H groups in total. The fourth-order valence-electron chi connectivity index (χ4n) is 2.02. The molecule has 0 aromatic heterocycles. The number of carbonyl (C=O) groups excluding carboxylic acids is 3. The molecule has 1 atom stereocenters. The minimum atomic E-state index is -0.940. The lowest BCUT2D eigenvalue weighted by atomic mass is 9.93. The largest absolute Gasteiger partial charge is 0.449 e. The molecule has 0 radical (unpaired) electrons. The summed E-state index contributed by atoms with van der Waals surface area (Å²) in [6, 6.07) is -0.785. The highest BCUT2D eigenvalue weighted by Crippen LogP contribution is 2.32. The van der Waals surface area contributed by atoms with Crippen molar-refractivity contribution in [1.29, 1.82) is 0 Å². The second kappa shape index (κ2) is 4.77. The third kappa shape index (κ3) is 3.26. The van der Waals surface area contributed by atoms with Gasteiger partial charge in [0, 0.05) is 6.42 Å². The highest BCUT2D eigenvalue weighted by atomic mass is 16.6. The molecule has 1 unspecified atom stereocenters. The van der Waals surface area contributed by atoms with Gasteiger partial charge in [0.15, 0.2) is 11.4 Å². The predicted molar refractivity (Wildman–Crippen MR) is 69.9 cm³/mol. The quantitative estimate of drug-likeness (QED) is 0.731. The number of nitrogens with one attached hydrogen (secondary N) is 1. The van der Waals surface area contributed by atoms with Gasteiger partial charge >= 0.3 is 12.1 Å². The smallest absolute Gasteiger partial charge is 0.408 e. The van der Waals surface area contributed by atoms with Crippen molar-refractivity contribution >= 4 is 17.8 Å². The number of esters is 1. The van der Waals surface area contributed by atoms with Gasteiger partial charge in [0.1, 0.15) is 11.6 Å². The Morgan fingerprint density at radius 2 is 1.95 bits per heavy atom. The van der Waals surface area contributed by atoms with Gasteiger partial charge in [0.2, 0.25) is 0 Å². The fraction of sp³-hybridized carbons (Fsp3) is 0.500. The first kappa shape index (κ1) is 14.3. The molecule has 2 rings (SSSR count). The molecule has 1 aliphatic carbocycles. The highest BCUT2D eigenvalue weighted by molar-refractivity contribution is 6.01. The van der Waals surface area contributed by atoms with Crippen LogP contribution in [0.15, 0.2) is 24.3 Å². The van der Waals surface area contributed by atoms with Crippen LogP contribution in [0, 0.1) is 0 Å². The fourth-order valence-corrected chi connectivity index (χ4v) is 2.02. The van der Waals surface area contributed by atoms with Crippen LogP contribution < -0.4 is 5.32 Å². The summed E-state index contributed by atoms with van der Waals surface area (Å²) in [6.07, 6.45) is 5.34. The zero-order valence-corrected chi connectivity index (χ0v) is 11.6. The third-order valence-electron chi connectivity index (χ3n) is 2.85. The molecule has 0 aromatic rings. The molecule has 20 heavy (non-hydrogen) atoms. The van der Waals surface area contributed by atoms with Crippen molar-refractivity contribution in [2.45, 2.75) is 44.4 Å². The van der Waals surface area contributed by atoms with E-state index >= 15 is 0 Å². The zero-order chi connectivity index (χ0) is 15.0. The van der Waals surface area contributed by atoms with Crippen molar-refractivity contribution in [3.63, 3.8) is 0 Å². The van der Waals surface area contributed by atoms with E-state index in [-0.39, 0.29) is 12.2 Å². The van der Waals surface area contributed by atoms with Crippen molar-refractivity contribution in [3.05, 3.63) is 24.3 Å². The Balaban J connectivity index is 2.00. The summed E-state index contributed by atoms with van der Waals surface area (Å²) in [5.74, 6) is -0.699. The lowest BCUT2D eigenvalue weighted by molar-refractivity contribution is -0.144. The molecule has 1 saturated heterocycles. The van der Waals surface area contributed by atoms with Gasteiger partial charge in [-0.05, 0) is 45.1 Å². The molecule has 0 saturated carbocycles. The molecule has 1 spiro atoms. The average molecular weight is 279 g/mol. The molecule has 1 fully saturated rings. The number of allylic oxidation sites excluding steroid dienone is 2. The minimum Gasteiger partial charge on any atom is -0.449 e. The maximum atomic E-state index is 11.8.